The van der Waals surface area contributed by atoms with Crippen LogP contribution in [-0.4, -0.2) is 11.7 Å². The quantitative estimate of drug-likeness (QED) is 0.777. The van der Waals surface area contributed by atoms with Gasteiger partial charge in [-0.15, -0.1) is 0 Å². The third-order valence-electron chi connectivity index (χ3n) is 4.63. The molecule has 2 aromatic carbocycles. The van der Waals surface area contributed by atoms with Crippen molar-refractivity contribution in [2.24, 2.45) is 16.8 Å². The average Bonchev–Trinajstić information content (AvgIpc) is 2.92. The van der Waals surface area contributed by atoms with E-state index < -0.39 is 0 Å². The van der Waals surface area contributed by atoms with Gasteiger partial charge in [-0.25, -0.2) is 0 Å². The molecule has 0 unspecified atom stereocenters. The van der Waals surface area contributed by atoms with E-state index in [1.54, 1.807) is 0 Å². The van der Waals surface area contributed by atoms with Crippen molar-refractivity contribution in [1.82, 2.24) is 0 Å². The molecule has 0 spiro atoms. The van der Waals surface area contributed by atoms with Crippen molar-refractivity contribution in [3.63, 3.8) is 0 Å². The molecule has 0 N–H and O–H groups in total. The van der Waals surface area contributed by atoms with Gasteiger partial charge in [0.15, 0.2) is 5.17 Å². The largest absolute Gasteiger partial charge is 0.319 e. The van der Waals surface area contributed by atoms with Gasteiger partial charge < -0.3 is 4.90 Å². The summed E-state index contributed by atoms with van der Waals surface area (Å²) in [4.78, 5) is 8.87. The predicted molar refractivity (Wildman–Crippen MR) is 94.6 cm³/mol. The third kappa shape index (κ3) is 2.24. The van der Waals surface area contributed by atoms with E-state index in [-0.39, 0.29) is 6.04 Å². The van der Waals surface area contributed by atoms with Gasteiger partial charge in [0.05, 0.1) is 11.7 Å². The van der Waals surface area contributed by atoms with E-state index in [1.807, 2.05) is 11.8 Å². The van der Waals surface area contributed by atoms with Crippen LogP contribution in [0.15, 0.2) is 64.5 Å². The summed E-state index contributed by atoms with van der Waals surface area (Å²) in [5.74, 6) is 1.14. The summed E-state index contributed by atoms with van der Waals surface area (Å²) >= 11 is 1.81. The van der Waals surface area contributed by atoms with Crippen molar-refractivity contribution in [3.05, 3.63) is 60.2 Å². The molecule has 22 heavy (non-hydrogen) atoms. The zero-order valence-corrected chi connectivity index (χ0v) is 13.8. The van der Waals surface area contributed by atoms with Crippen LogP contribution in [0.3, 0.4) is 0 Å². The van der Waals surface area contributed by atoms with Crippen LogP contribution in [-0.2, 0) is 0 Å². The van der Waals surface area contributed by atoms with Crippen molar-refractivity contribution >= 4 is 22.6 Å². The van der Waals surface area contributed by atoms with Crippen LogP contribution in [0.2, 0.25) is 0 Å². The number of fused-ring (bicyclic) bond motifs is 3. The highest BCUT2D eigenvalue weighted by molar-refractivity contribution is 8.14. The molecule has 3 heteroatoms. The van der Waals surface area contributed by atoms with Gasteiger partial charge in [-0.05, 0) is 35.4 Å². The van der Waals surface area contributed by atoms with Gasteiger partial charge in [-0.2, -0.15) is 0 Å². The van der Waals surface area contributed by atoms with E-state index in [0.717, 1.165) is 11.7 Å². The molecule has 112 valence electrons. The van der Waals surface area contributed by atoms with Crippen LogP contribution in [0.5, 0.6) is 0 Å². The van der Waals surface area contributed by atoms with Gasteiger partial charge in [0.2, 0.25) is 0 Å². The Labute approximate surface area is 136 Å². The molecule has 2 aliphatic heterocycles. The standard InChI is InChI=1S/C19H20N2S/c1-13(2)15-12-21-16-10-6-7-11-17(16)22-19(21)20-18(15)14-8-4-3-5-9-14/h3-11,13,15,18H,12H2,1-2H3/t15-,18+/m1/s1. The maximum atomic E-state index is 5.14. The molecular formula is C19H20N2S. The lowest BCUT2D eigenvalue weighted by atomic mass is 9.83. The minimum atomic E-state index is 0.272. The SMILES string of the molecule is CC(C)[C@H]1CN2C(=N[C@H]1c1ccccc1)Sc1ccccc12. The number of hydrogen-bond donors (Lipinski definition) is 0. The number of hydrogen-bond acceptors (Lipinski definition) is 3. The number of aliphatic imine (C=N–C) groups is 1. The number of benzene rings is 2. The van der Waals surface area contributed by atoms with Crippen molar-refractivity contribution in [3.8, 4) is 0 Å². The fraction of sp³-hybridized carbons (Fsp3) is 0.316. The molecule has 0 fully saturated rings. The summed E-state index contributed by atoms with van der Waals surface area (Å²) in [5, 5.41) is 1.16. The Balaban J connectivity index is 1.77. The van der Waals surface area contributed by atoms with Gasteiger partial charge in [-0.1, -0.05) is 56.3 Å². The van der Waals surface area contributed by atoms with Gasteiger partial charge in [0.1, 0.15) is 0 Å². The van der Waals surface area contributed by atoms with Gasteiger partial charge >= 0.3 is 0 Å². The Hall–Kier alpha value is -1.74. The summed E-state index contributed by atoms with van der Waals surface area (Å²) < 4.78 is 0. The van der Waals surface area contributed by atoms with E-state index in [4.69, 9.17) is 4.99 Å². The van der Waals surface area contributed by atoms with Crippen LogP contribution in [0.1, 0.15) is 25.5 Å². The fourth-order valence-corrected chi connectivity index (χ4v) is 4.44. The summed E-state index contributed by atoms with van der Waals surface area (Å²) in [6.45, 7) is 5.69. The molecule has 0 bridgehead atoms. The maximum absolute atomic E-state index is 5.14. The Morgan fingerprint density at radius 2 is 1.77 bits per heavy atom. The lowest BCUT2D eigenvalue weighted by molar-refractivity contribution is 0.324. The van der Waals surface area contributed by atoms with Crippen LogP contribution in [0.25, 0.3) is 0 Å². The van der Waals surface area contributed by atoms with Crippen molar-refractivity contribution in [2.45, 2.75) is 24.8 Å². The first kappa shape index (κ1) is 13.9. The summed E-state index contributed by atoms with van der Waals surface area (Å²) in [7, 11) is 0. The monoisotopic (exact) mass is 308 g/mol. The van der Waals surface area contributed by atoms with E-state index in [2.05, 4.69) is 73.3 Å². The molecule has 2 heterocycles. The molecule has 2 nitrogen and oxygen atoms in total. The summed E-state index contributed by atoms with van der Waals surface area (Å²) in [6, 6.07) is 19.7. The Morgan fingerprint density at radius 1 is 1.05 bits per heavy atom. The second-order valence-electron chi connectivity index (χ2n) is 6.36. The number of anilines is 1. The molecule has 0 amide bonds. The van der Waals surface area contributed by atoms with E-state index >= 15 is 0 Å². The third-order valence-corrected chi connectivity index (χ3v) is 5.71. The second kappa shape index (κ2) is 5.47. The van der Waals surface area contributed by atoms with Crippen molar-refractivity contribution < 1.29 is 0 Å². The van der Waals surface area contributed by atoms with Crippen LogP contribution in [0, 0.1) is 11.8 Å². The molecule has 0 saturated heterocycles. The molecule has 0 radical (unpaired) electrons. The van der Waals surface area contributed by atoms with E-state index in [9.17, 15) is 0 Å². The first-order valence-electron chi connectivity index (χ1n) is 7.91. The lowest BCUT2D eigenvalue weighted by Gasteiger charge is -2.37. The molecule has 0 aliphatic carbocycles. The highest BCUT2D eigenvalue weighted by Crippen LogP contribution is 2.46. The number of rotatable bonds is 2. The number of nitrogens with zero attached hydrogens (tertiary/aromatic N) is 2. The maximum Gasteiger partial charge on any atom is 0.169 e. The zero-order chi connectivity index (χ0) is 15.1. The minimum Gasteiger partial charge on any atom is -0.319 e. The second-order valence-corrected chi connectivity index (χ2v) is 7.36. The van der Waals surface area contributed by atoms with Crippen LogP contribution in [0.4, 0.5) is 5.69 Å². The normalized spacial score (nSPS) is 23.2. The number of thioether (sulfide) groups is 1. The first-order chi connectivity index (χ1) is 10.7. The van der Waals surface area contributed by atoms with Gasteiger partial charge in [0.25, 0.3) is 0 Å². The summed E-state index contributed by atoms with van der Waals surface area (Å²) in [5.41, 5.74) is 2.66. The molecule has 2 aromatic rings. The Morgan fingerprint density at radius 3 is 2.55 bits per heavy atom. The smallest absolute Gasteiger partial charge is 0.169 e. The lowest BCUT2D eigenvalue weighted by Crippen LogP contribution is -2.40. The fourth-order valence-electron chi connectivity index (χ4n) is 3.37. The topological polar surface area (TPSA) is 15.6 Å². The molecule has 4 rings (SSSR count). The van der Waals surface area contributed by atoms with E-state index in [0.29, 0.717) is 11.8 Å². The predicted octanol–water partition coefficient (Wildman–Crippen LogP) is 4.98. The molecule has 0 aromatic heterocycles. The molecule has 2 aliphatic rings. The minimum absolute atomic E-state index is 0.272. The van der Waals surface area contributed by atoms with Crippen LogP contribution < -0.4 is 4.90 Å². The van der Waals surface area contributed by atoms with Crippen molar-refractivity contribution in [1.29, 1.82) is 0 Å². The van der Waals surface area contributed by atoms with Gasteiger partial charge in [0, 0.05) is 17.4 Å². The molecular weight excluding hydrogens is 288 g/mol. The highest BCUT2D eigenvalue weighted by Gasteiger charge is 2.38. The highest BCUT2D eigenvalue weighted by atomic mass is 32.2. The van der Waals surface area contributed by atoms with Crippen LogP contribution >= 0.6 is 11.8 Å². The molecule has 2 atom stereocenters. The number of para-hydroxylation sites is 1. The number of amidine groups is 1. The zero-order valence-electron chi connectivity index (χ0n) is 12.9. The van der Waals surface area contributed by atoms with Crippen molar-refractivity contribution in [2.75, 3.05) is 11.4 Å². The Kier molecular flexibility index (Phi) is 3.45. The summed E-state index contributed by atoms with van der Waals surface area (Å²) in [6.07, 6.45) is 0. The van der Waals surface area contributed by atoms with Gasteiger partial charge in [-0.3, -0.25) is 4.99 Å². The first-order valence-corrected chi connectivity index (χ1v) is 8.73. The molecule has 0 saturated carbocycles. The Bertz CT molecular complexity index is 708. The average molecular weight is 308 g/mol. The van der Waals surface area contributed by atoms with E-state index in [1.165, 1.54) is 16.1 Å².